The van der Waals surface area contributed by atoms with E-state index in [1.165, 1.54) is 11.8 Å². The van der Waals surface area contributed by atoms with E-state index in [9.17, 15) is 33.9 Å². The average molecular weight is 901 g/mol. The Labute approximate surface area is 377 Å². The molecule has 1 aromatic carbocycles. The molecule has 4 amide bonds. The first-order chi connectivity index (χ1) is 29.8. The minimum absolute atomic E-state index is 0.0175. The van der Waals surface area contributed by atoms with Gasteiger partial charge in [-0.15, -0.1) is 11.3 Å². The number of benzene rings is 1. The number of nitrogens with zero attached hydrogens (tertiary/aromatic N) is 3. The van der Waals surface area contributed by atoms with Crippen molar-refractivity contribution in [3.05, 3.63) is 45.9 Å². The van der Waals surface area contributed by atoms with Gasteiger partial charge < -0.3 is 40.2 Å². The second-order valence-electron chi connectivity index (χ2n) is 17.6. The highest BCUT2D eigenvalue weighted by molar-refractivity contribution is 7.09. The molecule has 1 fully saturated rings. The Morgan fingerprint density at radius 2 is 1.70 bits per heavy atom. The molecule has 17 heteroatoms. The van der Waals surface area contributed by atoms with Gasteiger partial charge in [0.05, 0.1) is 12.6 Å². The van der Waals surface area contributed by atoms with Crippen LogP contribution >= 0.6 is 11.3 Å². The molecule has 3 rings (SSSR count). The fraction of sp³-hybridized carbons (Fsp3) is 0.674. The molecule has 352 valence electrons. The SMILES string of the molecule is CCC(C)C(NC(=O)C1CCCCN1C)C(=O)N(COC(=O)CC(C)C)C(CC(OC(C)=O)c1nc(C(=O)NC(Cc2ccc(O)cc2)CC(C)C(=O)NCCOC)cs1)C(C)C. The molecule has 4 N–H and O–H groups in total. The molecule has 7 unspecified atom stereocenters. The van der Waals surface area contributed by atoms with Gasteiger partial charge in [0.15, 0.2) is 12.8 Å². The Hall–Kier alpha value is -4.61. The molecule has 1 aromatic heterocycles. The fourth-order valence-electron chi connectivity index (χ4n) is 7.65. The zero-order valence-corrected chi connectivity index (χ0v) is 39.8. The third-order valence-corrected chi connectivity index (χ3v) is 12.4. The van der Waals surface area contributed by atoms with Gasteiger partial charge in [0, 0.05) is 56.8 Å². The number of carbonyl (C=O) groups excluding carboxylic acids is 6. The third kappa shape index (κ3) is 17.1. The maximum atomic E-state index is 14.9. The first-order valence-corrected chi connectivity index (χ1v) is 23.2. The van der Waals surface area contributed by atoms with Crippen LogP contribution < -0.4 is 16.0 Å². The number of methoxy groups -OCH3 is 1. The molecule has 1 aliphatic heterocycles. The van der Waals surface area contributed by atoms with Crippen molar-refractivity contribution in [2.45, 2.75) is 137 Å². The average Bonchev–Trinajstić information content (AvgIpc) is 3.73. The summed E-state index contributed by atoms with van der Waals surface area (Å²) in [6.07, 6.45) is 3.02. The lowest BCUT2D eigenvalue weighted by atomic mass is 9.92. The number of phenols is 1. The minimum atomic E-state index is -1.00. The molecule has 16 nitrogen and oxygen atoms in total. The number of hydrogen-bond acceptors (Lipinski definition) is 13. The molecule has 0 bridgehead atoms. The van der Waals surface area contributed by atoms with E-state index in [-0.39, 0.29) is 66.6 Å². The number of likely N-dealkylation sites (N-methyl/N-ethyl adjacent to an activating group) is 1. The largest absolute Gasteiger partial charge is 0.508 e. The van der Waals surface area contributed by atoms with Gasteiger partial charge in [0.2, 0.25) is 17.7 Å². The first kappa shape index (κ1) is 52.7. The maximum Gasteiger partial charge on any atom is 0.307 e. The van der Waals surface area contributed by atoms with E-state index in [1.807, 2.05) is 53.5 Å². The monoisotopic (exact) mass is 901 g/mol. The number of hydrogen-bond donors (Lipinski definition) is 4. The van der Waals surface area contributed by atoms with Crippen LogP contribution in [0.1, 0.15) is 127 Å². The lowest BCUT2D eigenvalue weighted by Crippen LogP contribution is -2.59. The van der Waals surface area contributed by atoms with Gasteiger partial charge >= 0.3 is 11.9 Å². The molecular formula is C46H72N6O10S. The van der Waals surface area contributed by atoms with Gasteiger partial charge in [0.1, 0.15) is 22.5 Å². The van der Waals surface area contributed by atoms with Gasteiger partial charge in [-0.2, -0.15) is 0 Å². The highest BCUT2D eigenvalue weighted by Gasteiger charge is 2.39. The molecule has 63 heavy (non-hydrogen) atoms. The van der Waals surface area contributed by atoms with Crippen LogP contribution in [0.25, 0.3) is 0 Å². The zero-order chi connectivity index (χ0) is 46.8. The third-order valence-electron chi connectivity index (χ3n) is 11.5. The Bertz CT molecular complexity index is 1790. The van der Waals surface area contributed by atoms with Gasteiger partial charge in [-0.3, -0.25) is 33.7 Å². The van der Waals surface area contributed by atoms with Gasteiger partial charge in [-0.05, 0) is 74.7 Å². The molecule has 0 radical (unpaired) electrons. The highest BCUT2D eigenvalue weighted by Crippen LogP contribution is 2.32. The van der Waals surface area contributed by atoms with Crippen molar-refractivity contribution >= 4 is 46.9 Å². The van der Waals surface area contributed by atoms with Gasteiger partial charge in [-0.25, -0.2) is 4.98 Å². The smallest absolute Gasteiger partial charge is 0.307 e. The topological polar surface area (TPSA) is 206 Å². The number of thiazole rings is 1. The van der Waals surface area contributed by atoms with Crippen molar-refractivity contribution in [2.24, 2.45) is 23.7 Å². The van der Waals surface area contributed by atoms with Crippen LogP contribution in [0, 0.1) is 23.7 Å². The van der Waals surface area contributed by atoms with Crippen LogP contribution in [0.15, 0.2) is 29.6 Å². The van der Waals surface area contributed by atoms with Crippen molar-refractivity contribution in [2.75, 3.05) is 40.6 Å². The van der Waals surface area contributed by atoms with Crippen molar-refractivity contribution < 1.29 is 48.1 Å². The standard InChI is InChI=1S/C46H72N6O10S/c1-11-30(6)41(50-44(58)37-14-12-13-20-51(37)9)46(59)52(27-61-40(55)22-28(2)3)38(29(4)5)25-39(62-32(8)53)45-49-36(26-63-45)43(57)48-34(24-33-15-17-35(54)18-16-33)23-31(7)42(56)47-19-21-60-10/h15-18,26,28-31,34,37-39,41,54H,11-14,19-25,27H2,1-10H3,(H,47,56)(H,48,57)(H,50,58). The lowest BCUT2D eigenvalue weighted by Gasteiger charge is -2.39. The molecule has 1 aliphatic rings. The van der Waals surface area contributed by atoms with Crippen LogP contribution in [-0.4, -0.2) is 120 Å². The number of piperidine rings is 1. The number of aromatic hydroxyl groups is 1. The number of amides is 4. The molecule has 0 spiro atoms. The second kappa shape index (κ2) is 26.2. The van der Waals surface area contributed by atoms with E-state index >= 15 is 0 Å². The number of aromatic nitrogens is 1. The molecule has 2 aromatic rings. The highest BCUT2D eigenvalue weighted by atomic mass is 32.1. The van der Waals surface area contributed by atoms with Crippen molar-refractivity contribution in [1.29, 1.82) is 0 Å². The molecule has 2 heterocycles. The van der Waals surface area contributed by atoms with Crippen molar-refractivity contribution in [3.63, 3.8) is 0 Å². The van der Waals surface area contributed by atoms with Crippen LogP contribution in [0.2, 0.25) is 0 Å². The maximum absolute atomic E-state index is 14.9. The summed E-state index contributed by atoms with van der Waals surface area (Å²) in [5.41, 5.74) is 0.910. The molecule has 7 atom stereocenters. The Morgan fingerprint density at radius 3 is 2.30 bits per heavy atom. The number of ether oxygens (including phenoxy) is 3. The number of phenolic OH excluding ortho intramolecular Hbond substituents is 1. The van der Waals surface area contributed by atoms with Gasteiger partial charge in [-0.1, -0.05) is 73.4 Å². The fourth-order valence-corrected chi connectivity index (χ4v) is 8.49. The number of carbonyl (C=O) groups is 6. The van der Waals surface area contributed by atoms with Crippen LogP contribution in [0.4, 0.5) is 0 Å². The Kier molecular flexibility index (Phi) is 22.0. The number of nitrogens with one attached hydrogen (secondary N) is 3. The summed E-state index contributed by atoms with van der Waals surface area (Å²) in [6, 6.07) is 4.13. The van der Waals surface area contributed by atoms with Crippen LogP contribution in [0.5, 0.6) is 5.75 Å². The zero-order valence-electron chi connectivity index (χ0n) is 38.9. The van der Waals surface area contributed by atoms with Crippen molar-refractivity contribution in [1.82, 2.24) is 30.7 Å². The normalized spacial score (nSPS) is 17.2. The summed E-state index contributed by atoms with van der Waals surface area (Å²) < 4.78 is 16.7. The van der Waals surface area contributed by atoms with E-state index < -0.39 is 53.9 Å². The quantitative estimate of drug-likeness (QED) is 0.0563. The summed E-state index contributed by atoms with van der Waals surface area (Å²) in [7, 11) is 3.46. The summed E-state index contributed by atoms with van der Waals surface area (Å²) >= 11 is 1.13. The minimum Gasteiger partial charge on any atom is -0.508 e. The van der Waals surface area contributed by atoms with E-state index in [0.29, 0.717) is 43.8 Å². The van der Waals surface area contributed by atoms with E-state index in [4.69, 9.17) is 14.2 Å². The van der Waals surface area contributed by atoms with Crippen molar-refractivity contribution in [3.8, 4) is 5.75 Å². The summed E-state index contributed by atoms with van der Waals surface area (Å²) in [5, 5.41) is 20.7. The van der Waals surface area contributed by atoms with E-state index in [0.717, 1.165) is 36.3 Å². The lowest BCUT2D eigenvalue weighted by molar-refractivity contribution is -0.161. The Morgan fingerprint density at radius 1 is 1.00 bits per heavy atom. The van der Waals surface area contributed by atoms with Gasteiger partial charge in [0.25, 0.3) is 5.91 Å². The number of likely N-dealkylation sites (tertiary alicyclic amines) is 1. The summed E-state index contributed by atoms with van der Waals surface area (Å²) in [4.78, 5) is 89.2. The van der Waals surface area contributed by atoms with E-state index in [2.05, 4.69) is 20.9 Å². The summed E-state index contributed by atoms with van der Waals surface area (Å²) in [6.45, 7) is 15.6. The second-order valence-corrected chi connectivity index (χ2v) is 18.5. The molecule has 1 saturated heterocycles. The summed E-state index contributed by atoms with van der Waals surface area (Å²) in [5.74, 6) is -3.29. The molecule has 0 aliphatic carbocycles. The first-order valence-electron chi connectivity index (χ1n) is 22.3. The predicted octanol–water partition coefficient (Wildman–Crippen LogP) is 5.39. The van der Waals surface area contributed by atoms with Crippen LogP contribution in [-0.2, 0) is 44.6 Å². The Balaban J connectivity index is 1.95. The van der Waals surface area contributed by atoms with Crippen LogP contribution in [0.3, 0.4) is 0 Å². The number of esters is 2. The van der Waals surface area contributed by atoms with E-state index in [1.54, 1.807) is 43.7 Å². The molecular weight excluding hydrogens is 829 g/mol. The predicted molar refractivity (Wildman–Crippen MR) is 241 cm³/mol. The molecule has 0 saturated carbocycles. The number of rotatable bonds is 25.